The van der Waals surface area contributed by atoms with Gasteiger partial charge in [-0.25, -0.2) is 4.98 Å². The fourth-order valence-electron chi connectivity index (χ4n) is 2.54. The lowest BCUT2D eigenvalue weighted by atomic mass is 9.93. The summed E-state index contributed by atoms with van der Waals surface area (Å²) in [4.78, 5) is 4.43. The van der Waals surface area contributed by atoms with E-state index in [1.807, 2.05) is 6.20 Å². The minimum absolute atomic E-state index is 0.629. The molecule has 0 amide bonds. The molecule has 1 aromatic heterocycles. The van der Waals surface area contributed by atoms with Crippen LogP contribution in [0.5, 0.6) is 0 Å². The van der Waals surface area contributed by atoms with E-state index in [-0.39, 0.29) is 0 Å². The van der Waals surface area contributed by atoms with Crippen LogP contribution in [0.2, 0.25) is 0 Å². The number of nitrogens with one attached hydrogen (secondary N) is 1. The van der Waals surface area contributed by atoms with Gasteiger partial charge in [-0.2, -0.15) is 11.8 Å². The molecule has 2 rings (SSSR count). The minimum atomic E-state index is 0.629. The van der Waals surface area contributed by atoms with E-state index in [9.17, 15) is 0 Å². The van der Waals surface area contributed by atoms with Crippen molar-refractivity contribution in [2.24, 2.45) is 5.92 Å². The van der Waals surface area contributed by atoms with Gasteiger partial charge in [0, 0.05) is 24.0 Å². The van der Waals surface area contributed by atoms with Gasteiger partial charge in [0.25, 0.3) is 0 Å². The highest BCUT2D eigenvalue weighted by molar-refractivity contribution is 7.99. The molecule has 102 valence electrons. The number of thiazole rings is 1. The molecule has 1 unspecified atom stereocenters. The molecular formula is C14H24N2S2. The van der Waals surface area contributed by atoms with Gasteiger partial charge >= 0.3 is 0 Å². The predicted molar refractivity (Wildman–Crippen MR) is 82.6 cm³/mol. The van der Waals surface area contributed by atoms with Crippen molar-refractivity contribution in [3.63, 3.8) is 0 Å². The summed E-state index contributed by atoms with van der Waals surface area (Å²) in [6.45, 7) is 3.38. The van der Waals surface area contributed by atoms with Gasteiger partial charge in [-0.05, 0) is 49.7 Å². The molecule has 1 aliphatic heterocycles. The van der Waals surface area contributed by atoms with E-state index in [2.05, 4.69) is 34.4 Å². The average molecular weight is 284 g/mol. The zero-order chi connectivity index (χ0) is 12.6. The molecule has 1 saturated heterocycles. The second kappa shape index (κ2) is 8.18. The van der Waals surface area contributed by atoms with Gasteiger partial charge in [0.05, 0.1) is 5.01 Å². The highest BCUT2D eigenvalue weighted by Crippen LogP contribution is 2.27. The fourth-order valence-corrected chi connectivity index (χ4v) is 4.44. The van der Waals surface area contributed by atoms with Crippen LogP contribution >= 0.6 is 23.1 Å². The molecule has 18 heavy (non-hydrogen) atoms. The van der Waals surface area contributed by atoms with Crippen molar-refractivity contribution in [3.05, 3.63) is 16.6 Å². The molecule has 1 aromatic rings. The van der Waals surface area contributed by atoms with Crippen LogP contribution in [0, 0.1) is 5.92 Å². The average Bonchev–Trinajstić information content (AvgIpc) is 2.90. The zero-order valence-electron chi connectivity index (χ0n) is 11.2. The third-order valence-corrected chi connectivity index (χ3v) is 5.40. The molecule has 0 aliphatic carbocycles. The molecule has 4 heteroatoms. The van der Waals surface area contributed by atoms with Crippen LogP contribution in [0.15, 0.2) is 11.6 Å². The Hall–Kier alpha value is -0.0600. The third kappa shape index (κ3) is 4.90. The van der Waals surface area contributed by atoms with E-state index >= 15 is 0 Å². The maximum Gasteiger partial charge on any atom is 0.0940 e. The molecule has 1 fully saturated rings. The molecule has 0 aromatic carbocycles. The topological polar surface area (TPSA) is 24.9 Å². The molecule has 1 aliphatic rings. The molecular weight excluding hydrogens is 260 g/mol. The van der Waals surface area contributed by atoms with Gasteiger partial charge in [-0.1, -0.05) is 6.92 Å². The quantitative estimate of drug-likeness (QED) is 0.828. The van der Waals surface area contributed by atoms with Crippen molar-refractivity contribution in [2.45, 2.75) is 45.1 Å². The van der Waals surface area contributed by atoms with E-state index in [4.69, 9.17) is 0 Å². The first-order chi connectivity index (χ1) is 8.88. The number of nitrogens with zero attached hydrogens (tertiary/aromatic N) is 1. The Bertz CT molecular complexity index is 308. The molecule has 0 radical (unpaired) electrons. The molecule has 0 bridgehead atoms. The van der Waals surface area contributed by atoms with Gasteiger partial charge in [0.2, 0.25) is 0 Å². The molecule has 2 heterocycles. The summed E-state index contributed by atoms with van der Waals surface area (Å²) in [7, 11) is 0. The second-order valence-electron chi connectivity index (χ2n) is 5.07. The van der Waals surface area contributed by atoms with Crippen molar-refractivity contribution >= 4 is 23.1 Å². The molecule has 0 saturated carbocycles. The number of aromatic nitrogens is 1. The van der Waals surface area contributed by atoms with Gasteiger partial charge in [-0.3, -0.25) is 0 Å². The summed E-state index contributed by atoms with van der Waals surface area (Å²) in [5, 5.41) is 7.09. The summed E-state index contributed by atoms with van der Waals surface area (Å²) in [6, 6.07) is 0.629. The molecule has 0 spiro atoms. The SMILES string of the molecule is CCCNC(Cc1nccs1)CC1CCSCC1. The van der Waals surface area contributed by atoms with Crippen molar-refractivity contribution in [3.8, 4) is 0 Å². The normalized spacial score (nSPS) is 18.9. The largest absolute Gasteiger partial charge is 0.314 e. The Morgan fingerprint density at radius 2 is 2.28 bits per heavy atom. The first-order valence-electron chi connectivity index (χ1n) is 7.08. The number of rotatable bonds is 7. The maximum absolute atomic E-state index is 4.43. The van der Waals surface area contributed by atoms with Crippen LogP contribution in [0.4, 0.5) is 0 Å². The van der Waals surface area contributed by atoms with Crippen molar-refractivity contribution in [2.75, 3.05) is 18.1 Å². The Balaban J connectivity index is 1.83. The van der Waals surface area contributed by atoms with Crippen LogP contribution in [0.1, 0.15) is 37.6 Å². The Kier molecular flexibility index (Phi) is 6.52. The number of hydrogen-bond acceptors (Lipinski definition) is 4. The van der Waals surface area contributed by atoms with Crippen molar-refractivity contribution in [1.82, 2.24) is 10.3 Å². The van der Waals surface area contributed by atoms with Crippen molar-refractivity contribution in [1.29, 1.82) is 0 Å². The minimum Gasteiger partial charge on any atom is -0.314 e. The van der Waals surface area contributed by atoms with E-state index in [1.54, 1.807) is 11.3 Å². The third-order valence-electron chi connectivity index (χ3n) is 3.55. The molecule has 2 nitrogen and oxygen atoms in total. The smallest absolute Gasteiger partial charge is 0.0940 e. The first-order valence-corrected chi connectivity index (χ1v) is 9.11. The summed E-state index contributed by atoms with van der Waals surface area (Å²) in [5.41, 5.74) is 0. The van der Waals surface area contributed by atoms with Crippen LogP contribution < -0.4 is 5.32 Å². The van der Waals surface area contributed by atoms with Gasteiger partial charge in [0.15, 0.2) is 0 Å². The van der Waals surface area contributed by atoms with Crippen LogP contribution in [-0.4, -0.2) is 29.1 Å². The van der Waals surface area contributed by atoms with Gasteiger partial charge in [-0.15, -0.1) is 11.3 Å². The lowest BCUT2D eigenvalue weighted by Gasteiger charge is -2.26. The molecule has 1 N–H and O–H groups in total. The second-order valence-corrected chi connectivity index (χ2v) is 7.28. The monoisotopic (exact) mass is 284 g/mol. The Morgan fingerprint density at radius 1 is 1.44 bits per heavy atom. The first kappa shape index (κ1) is 14.4. The summed E-state index contributed by atoms with van der Waals surface area (Å²) < 4.78 is 0. The van der Waals surface area contributed by atoms with Crippen molar-refractivity contribution < 1.29 is 0 Å². The lowest BCUT2D eigenvalue weighted by molar-refractivity contribution is 0.362. The summed E-state index contributed by atoms with van der Waals surface area (Å²) >= 11 is 3.91. The predicted octanol–water partition coefficient (Wildman–Crippen LogP) is 3.59. The van der Waals surface area contributed by atoms with E-state index in [0.29, 0.717) is 6.04 Å². The van der Waals surface area contributed by atoms with E-state index < -0.39 is 0 Å². The lowest BCUT2D eigenvalue weighted by Crippen LogP contribution is -2.34. The standard InChI is InChI=1S/C14H24N2S2/c1-2-5-15-13(11-14-16-6-9-18-14)10-12-3-7-17-8-4-12/h6,9,12-13,15H,2-5,7-8,10-11H2,1H3. The van der Waals surface area contributed by atoms with Gasteiger partial charge in [0.1, 0.15) is 0 Å². The Morgan fingerprint density at radius 3 is 2.94 bits per heavy atom. The number of hydrogen-bond donors (Lipinski definition) is 1. The van der Waals surface area contributed by atoms with Crippen LogP contribution in [0.25, 0.3) is 0 Å². The van der Waals surface area contributed by atoms with Crippen LogP contribution in [-0.2, 0) is 6.42 Å². The highest BCUT2D eigenvalue weighted by Gasteiger charge is 2.19. The summed E-state index contributed by atoms with van der Waals surface area (Å²) in [5.74, 6) is 3.66. The summed E-state index contributed by atoms with van der Waals surface area (Å²) in [6.07, 6.45) is 8.41. The fraction of sp³-hybridized carbons (Fsp3) is 0.786. The van der Waals surface area contributed by atoms with E-state index in [0.717, 1.165) is 18.9 Å². The van der Waals surface area contributed by atoms with Gasteiger partial charge < -0.3 is 5.32 Å². The highest BCUT2D eigenvalue weighted by atomic mass is 32.2. The maximum atomic E-state index is 4.43. The Labute approximate surface area is 119 Å². The van der Waals surface area contributed by atoms with Crippen LogP contribution in [0.3, 0.4) is 0 Å². The number of thioether (sulfide) groups is 1. The zero-order valence-corrected chi connectivity index (χ0v) is 12.9. The molecule has 1 atom stereocenters. The van der Waals surface area contributed by atoms with E-state index in [1.165, 1.54) is 42.2 Å².